The van der Waals surface area contributed by atoms with Crippen molar-refractivity contribution >= 4 is 75.4 Å². The van der Waals surface area contributed by atoms with Gasteiger partial charge in [0.05, 0.1) is 5.56 Å². The van der Waals surface area contributed by atoms with Gasteiger partial charge in [0.25, 0.3) is 0 Å². The van der Waals surface area contributed by atoms with Crippen molar-refractivity contribution < 1.29 is 8.83 Å². The molecule has 7 aromatic carbocycles. The lowest BCUT2D eigenvalue weighted by atomic mass is 10.00. The summed E-state index contributed by atoms with van der Waals surface area (Å²) in [4.78, 5) is 15.1. The molecular formula is C45H25N3O2S. The van der Waals surface area contributed by atoms with Gasteiger partial charge in [-0.2, -0.15) is 0 Å². The highest BCUT2D eigenvalue weighted by molar-refractivity contribution is 7.26. The van der Waals surface area contributed by atoms with E-state index in [-0.39, 0.29) is 0 Å². The summed E-state index contributed by atoms with van der Waals surface area (Å²) in [7, 11) is 0. The number of fused-ring (bicyclic) bond motifs is 9. The molecule has 0 N–H and O–H groups in total. The maximum atomic E-state index is 6.63. The van der Waals surface area contributed by atoms with Gasteiger partial charge in [-0.1, -0.05) is 109 Å². The van der Waals surface area contributed by atoms with Gasteiger partial charge < -0.3 is 8.83 Å². The fraction of sp³-hybridized carbons (Fsp3) is 0. The molecule has 11 aromatic rings. The van der Waals surface area contributed by atoms with Crippen molar-refractivity contribution in [2.45, 2.75) is 0 Å². The summed E-state index contributed by atoms with van der Waals surface area (Å²) >= 11 is 1.84. The number of thiophene rings is 1. The molecule has 5 nitrogen and oxygen atoms in total. The van der Waals surface area contributed by atoms with E-state index >= 15 is 0 Å². The second-order valence-electron chi connectivity index (χ2n) is 12.8. The highest BCUT2D eigenvalue weighted by Crippen LogP contribution is 2.42. The molecule has 4 heterocycles. The van der Waals surface area contributed by atoms with Crippen molar-refractivity contribution in [3.8, 4) is 45.3 Å². The summed E-state index contributed by atoms with van der Waals surface area (Å²) in [5.74, 6) is 1.70. The van der Waals surface area contributed by atoms with Crippen molar-refractivity contribution in [2.24, 2.45) is 0 Å². The Balaban J connectivity index is 1.09. The Morgan fingerprint density at radius 3 is 1.94 bits per heavy atom. The third kappa shape index (κ3) is 4.43. The Morgan fingerprint density at radius 1 is 0.373 bits per heavy atom. The first kappa shape index (κ1) is 28.2. The van der Waals surface area contributed by atoms with Gasteiger partial charge in [0.1, 0.15) is 22.3 Å². The SMILES string of the molecule is c1ccc(-c2nc(-c3ccc4c(c3)oc3ccccc34)nc(-c3cccc4c3oc3ccc(-c5cccc6c5sc5ccccc56)cc34)n2)cc1. The monoisotopic (exact) mass is 671 g/mol. The molecule has 0 unspecified atom stereocenters. The predicted octanol–water partition coefficient (Wildman–Crippen LogP) is 12.7. The molecule has 0 spiro atoms. The van der Waals surface area contributed by atoms with Crippen LogP contribution in [0.4, 0.5) is 0 Å². The second kappa shape index (κ2) is 10.9. The van der Waals surface area contributed by atoms with E-state index in [0.717, 1.165) is 66.1 Å². The molecule has 6 heteroatoms. The highest BCUT2D eigenvalue weighted by atomic mass is 32.1. The minimum absolute atomic E-state index is 0.545. The van der Waals surface area contributed by atoms with Gasteiger partial charge in [-0.15, -0.1) is 11.3 Å². The fourth-order valence-corrected chi connectivity index (χ4v) is 8.56. The Hall–Kier alpha value is -6.63. The summed E-state index contributed by atoms with van der Waals surface area (Å²) in [6.07, 6.45) is 0. The van der Waals surface area contributed by atoms with Crippen molar-refractivity contribution in [2.75, 3.05) is 0 Å². The van der Waals surface area contributed by atoms with Crippen molar-refractivity contribution in [3.63, 3.8) is 0 Å². The van der Waals surface area contributed by atoms with Crippen molar-refractivity contribution in [3.05, 3.63) is 152 Å². The summed E-state index contributed by atoms with van der Waals surface area (Å²) in [6.45, 7) is 0. The van der Waals surface area contributed by atoms with Gasteiger partial charge >= 0.3 is 0 Å². The van der Waals surface area contributed by atoms with Crippen LogP contribution in [0.25, 0.3) is 109 Å². The largest absolute Gasteiger partial charge is 0.456 e. The predicted molar refractivity (Wildman–Crippen MR) is 209 cm³/mol. The average Bonchev–Trinajstić information content (AvgIpc) is 3.88. The molecule has 0 saturated carbocycles. The molecule has 0 saturated heterocycles. The zero-order valence-electron chi connectivity index (χ0n) is 27.0. The Labute approximate surface area is 295 Å². The van der Waals surface area contributed by atoms with Crippen LogP contribution in [0.2, 0.25) is 0 Å². The Kier molecular flexibility index (Phi) is 6.05. The lowest BCUT2D eigenvalue weighted by Gasteiger charge is -2.09. The lowest BCUT2D eigenvalue weighted by Crippen LogP contribution is -2.00. The summed E-state index contributed by atoms with van der Waals surface area (Å²) in [6, 6.07) is 52.2. The molecule has 4 aromatic heterocycles. The van der Waals surface area contributed by atoms with E-state index < -0.39 is 0 Å². The molecule has 0 aliphatic rings. The molecule has 0 atom stereocenters. The van der Waals surface area contributed by atoms with E-state index in [0.29, 0.717) is 17.5 Å². The van der Waals surface area contributed by atoms with Gasteiger partial charge in [-0.05, 0) is 53.6 Å². The number of aromatic nitrogens is 3. The topological polar surface area (TPSA) is 65.0 Å². The van der Waals surface area contributed by atoms with E-state index in [1.165, 1.54) is 25.7 Å². The van der Waals surface area contributed by atoms with Gasteiger partial charge in [-0.25, -0.2) is 15.0 Å². The third-order valence-corrected chi connectivity index (χ3v) is 11.0. The normalized spacial score (nSPS) is 11.9. The molecule has 0 bridgehead atoms. The van der Waals surface area contributed by atoms with E-state index in [9.17, 15) is 0 Å². The van der Waals surface area contributed by atoms with Gasteiger partial charge in [0.15, 0.2) is 17.5 Å². The minimum Gasteiger partial charge on any atom is -0.456 e. The molecule has 0 fully saturated rings. The fourth-order valence-electron chi connectivity index (χ4n) is 7.32. The standard InChI is InChI=1S/C45H25N3O2S/c1-2-10-26(11-3-1)43-46-44(28-20-22-31-30-12-4-6-18-37(30)49-39(31)25-28)48-45(47-43)35-17-9-15-33-36-24-27(21-23-38(36)50-41(33)35)29-14-8-16-34-32-13-5-7-19-40(32)51-42(29)34/h1-25H. The van der Waals surface area contributed by atoms with Crippen molar-refractivity contribution in [1.82, 2.24) is 15.0 Å². The molecule has 0 aliphatic heterocycles. The van der Waals surface area contributed by atoms with E-state index in [1.54, 1.807) is 0 Å². The summed E-state index contributed by atoms with van der Waals surface area (Å²) < 4.78 is 15.4. The number of hydrogen-bond donors (Lipinski definition) is 0. The molecule has 0 aliphatic carbocycles. The van der Waals surface area contributed by atoms with Crippen LogP contribution in [0, 0.1) is 0 Å². The first-order valence-corrected chi connectivity index (χ1v) is 17.7. The van der Waals surface area contributed by atoms with Crippen LogP contribution in [-0.4, -0.2) is 15.0 Å². The summed E-state index contributed by atoms with van der Waals surface area (Å²) in [5.41, 5.74) is 8.14. The Morgan fingerprint density at radius 2 is 1.04 bits per heavy atom. The van der Waals surface area contributed by atoms with Crippen LogP contribution >= 0.6 is 11.3 Å². The van der Waals surface area contributed by atoms with E-state index in [1.807, 2.05) is 72.0 Å². The smallest absolute Gasteiger partial charge is 0.167 e. The Bertz CT molecular complexity index is 3160. The van der Waals surface area contributed by atoms with Crippen LogP contribution in [0.5, 0.6) is 0 Å². The first-order chi connectivity index (χ1) is 25.2. The number of rotatable bonds is 4. The third-order valence-electron chi connectivity index (χ3n) is 9.76. The molecule has 11 rings (SSSR count). The van der Waals surface area contributed by atoms with Crippen molar-refractivity contribution in [1.29, 1.82) is 0 Å². The maximum absolute atomic E-state index is 6.63. The zero-order chi connectivity index (χ0) is 33.5. The molecule has 238 valence electrons. The lowest BCUT2D eigenvalue weighted by molar-refractivity contribution is 0.668. The number of benzene rings is 7. The highest BCUT2D eigenvalue weighted by Gasteiger charge is 2.19. The average molecular weight is 672 g/mol. The quantitative estimate of drug-likeness (QED) is 0.186. The number of hydrogen-bond acceptors (Lipinski definition) is 6. The summed E-state index contributed by atoms with van der Waals surface area (Å²) in [5, 5.41) is 6.78. The van der Waals surface area contributed by atoms with Gasteiger partial charge in [-0.3, -0.25) is 0 Å². The van der Waals surface area contributed by atoms with E-state index in [2.05, 4.69) is 91.0 Å². The minimum atomic E-state index is 0.545. The molecule has 51 heavy (non-hydrogen) atoms. The number of para-hydroxylation sites is 2. The molecule has 0 amide bonds. The van der Waals surface area contributed by atoms with Gasteiger partial charge in [0, 0.05) is 52.8 Å². The number of nitrogens with zero attached hydrogens (tertiary/aromatic N) is 3. The zero-order valence-corrected chi connectivity index (χ0v) is 27.8. The van der Waals surface area contributed by atoms with Crippen LogP contribution in [0.3, 0.4) is 0 Å². The van der Waals surface area contributed by atoms with Gasteiger partial charge in [0.2, 0.25) is 0 Å². The first-order valence-electron chi connectivity index (χ1n) is 16.8. The van der Waals surface area contributed by atoms with Crippen LogP contribution < -0.4 is 0 Å². The second-order valence-corrected chi connectivity index (χ2v) is 13.8. The van der Waals surface area contributed by atoms with Crippen LogP contribution in [0.15, 0.2) is 160 Å². The number of furan rings is 2. The van der Waals surface area contributed by atoms with Crippen LogP contribution in [0.1, 0.15) is 0 Å². The van der Waals surface area contributed by atoms with Crippen LogP contribution in [-0.2, 0) is 0 Å². The molecule has 0 radical (unpaired) electrons. The maximum Gasteiger partial charge on any atom is 0.167 e. The molecular weight excluding hydrogens is 647 g/mol. The van der Waals surface area contributed by atoms with E-state index in [4.69, 9.17) is 23.8 Å².